The second-order valence-corrected chi connectivity index (χ2v) is 3.08. The Labute approximate surface area is 95.6 Å². The molecule has 1 rings (SSSR count). The van der Waals surface area contributed by atoms with Crippen LogP contribution in [0.5, 0.6) is 5.88 Å². The lowest BCUT2D eigenvalue weighted by Crippen LogP contribution is -2.38. The Morgan fingerprint density at radius 3 is 2.71 bits per heavy atom. The maximum Gasteiger partial charge on any atom is 0.427 e. The summed E-state index contributed by atoms with van der Waals surface area (Å²) in [6.07, 6.45) is -6.66. The average Bonchev–Trinajstić information content (AvgIpc) is 2.27. The van der Waals surface area contributed by atoms with Crippen molar-refractivity contribution in [2.75, 3.05) is 13.7 Å². The molecule has 4 nitrogen and oxygen atoms in total. The normalized spacial score (nSPS) is 12.9. The van der Waals surface area contributed by atoms with Crippen LogP contribution in [0.1, 0.15) is 5.69 Å². The van der Waals surface area contributed by atoms with Crippen molar-refractivity contribution in [1.82, 2.24) is 4.98 Å². The zero-order valence-electron chi connectivity index (χ0n) is 8.86. The van der Waals surface area contributed by atoms with E-state index in [4.69, 9.17) is 5.26 Å². The third-order valence-electron chi connectivity index (χ3n) is 1.78. The summed E-state index contributed by atoms with van der Waals surface area (Å²) in [5.41, 5.74) is -0.0131. The topological polar surface area (TPSA) is 55.1 Å². The van der Waals surface area contributed by atoms with Gasteiger partial charge < -0.3 is 9.47 Å². The SMILES string of the molecule is COCC(Oc1cccc(C#N)n1)C(F)(F)F. The van der Waals surface area contributed by atoms with Crippen molar-refractivity contribution in [2.45, 2.75) is 12.3 Å². The van der Waals surface area contributed by atoms with E-state index in [9.17, 15) is 13.2 Å². The molecule has 0 bridgehead atoms. The number of halogens is 3. The van der Waals surface area contributed by atoms with Gasteiger partial charge in [-0.25, -0.2) is 4.98 Å². The van der Waals surface area contributed by atoms with E-state index in [-0.39, 0.29) is 11.6 Å². The quantitative estimate of drug-likeness (QED) is 0.814. The number of alkyl halides is 3. The molecule has 0 fully saturated rings. The summed E-state index contributed by atoms with van der Waals surface area (Å²) in [6.45, 7) is -0.637. The Hall–Kier alpha value is -1.81. The predicted octanol–water partition coefficient (Wildman–Crippen LogP) is 1.91. The molecule has 17 heavy (non-hydrogen) atoms. The van der Waals surface area contributed by atoms with Crippen molar-refractivity contribution >= 4 is 0 Å². The van der Waals surface area contributed by atoms with Gasteiger partial charge in [-0.05, 0) is 6.07 Å². The van der Waals surface area contributed by atoms with Gasteiger partial charge in [0.05, 0.1) is 6.61 Å². The number of rotatable bonds is 4. The molecule has 1 aromatic rings. The van der Waals surface area contributed by atoms with Gasteiger partial charge in [0.15, 0.2) is 0 Å². The van der Waals surface area contributed by atoms with Gasteiger partial charge in [0.2, 0.25) is 12.0 Å². The van der Waals surface area contributed by atoms with Gasteiger partial charge in [-0.3, -0.25) is 0 Å². The lowest BCUT2D eigenvalue weighted by molar-refractivity contribution is -0.207. The van der Waals surface area contributed by atoms with Crippen LogP contribution in [-0.2, 0) is 4.74 Å². The molecule has 1 unspecified atom stereocenters. The van der Waals surface area contributed by atoms with Crippen molar-refractivity contribution in [3.05, 3.63) is 23.9 Å². The predicted molar refractivity (Wildman–Crippen MR) is 51.3 cm³/mol. The molecular formula is C10H9F3N2O2. The first-order valence-electron chi connectivity index (χ1n) is 4.57. The smallest absolute Gasteiger partial charge is 0.427 e. The molecule has 1 heterocycles. The third kappa shape index (κ3) is 3.92. The van der Waals surface area contributed by atoms with E-state index in [1.54, 1.807) is 6.07 Å². The molecule has 1 atom stereocenters. The zero-order valence-corrected chi connectivity index (χ0v) is 8.86. The highest BCUT2D eigenvalue weighted by Crippen LogP contribution is 2.24. The number of hydrogen-bond acceptors (Lipinski definition) is 4. The molecule has 0 saturated carbocycles. The minimum Gasteiger partial charge on any atom is -0.462 e. The van der Waals surface area contributed by atoms with Crippen LogP contribution >= 0.6 is 0 Å². The second-order valence-electron chi connectivity index (χ2n) is 3.08. The molecule has 0 aliphatic heterocycles. The molecule has 7 heteroatoms. The van der Waals surface area contributed by atoms with E-state index in [1.165, 1.54) is 18.2 Å². The van der Waals surface area contributed by atoms with E-state index < -0.39 is 18.9 Å². The fraction of sp³-hybridized carbons (Fsp3) is 0.400. The molecule has 0 radical (unpaired) electrons. The monoisotopic (exact) mass is 246 g/mol. The van der Waals surface area contributed by atoms with E-state index in [0.29, 0.717) is 0 Å². The number of aromatic nitrogens is 1. The van der Waals surface area contributed by atoms with Crippen LogP contribution in [0, 0.1) is 11.3 Å². The number of pyridine rings is 1. The highest BCUT2D eigenvalue weighted by molar-refractivity contribution is 5.24. The van der Waals surface area contributed by atoms with E-state index in [2.05, 4.69) is 14.5 Å². The minimum absolute atomic E-state index is 0.0131. The molecule has 0 amide bonds. The maximum atomic E-state index is 12.5. The van der Waals surface area contributed by atoms with Crippen LogP contribution in [-0.4, -0.2) is 31.0 Å². The zero-order chi connectivity index (χ0) is 12.9. The van der Waals surface area contributed by atoms with Gasteiger partial charge in [0, 0.05) is 13.2 Å². The lowest BCUT2D eigenvalue weighted by atomic mass is 10.3. The Bertz CT molecular complexity index is 415. The third-order valence-corrected chi connectivity index (χ3v) is 1.78. The minimum atomic E-state index is -4.56. The molecule has 0 aliphatic rings. The van der Waals surface area contributed by atoms with Crippen molar-refractivity contribution in [2.24, 2.45) is 0 Å². The summed E-state index contributed by atoms with van der Waals surface area (Å²) in [6, 6.07) is 5.71. The first-order chi connectivity index (χ1) is 7.97. The van der Waals surface area contributed by atoms with Crippen LogP contribution < -0.4 is 4.74 Å². The molecule has 0 saturated heterocycles. The number of hydrogen-bond donors (Lipinski definition) is 0. The molecule has 92 valence electrons. The Balaban J connectivity index is 2.83. The summed E-state index contributed by atoms with van der Waals surface area (Å²) in [5.74, 6) is -0.261. The van der Waals surface area contributed by atoms with Gasteiger partial charge in [0.25, 0.3) is 0 Å². The number of methoxy groups -OCH3 is 1. The van der Waals surface area contributed by atoms with Crippen LogP contribution in [0.15, 0.2) is 18.2 Å². The first-order valence-corrected chi connectivity index (χ1v) is 4.57. The summed E-state index contributed by atoms with van der Waals surface area (Å²) in [4.78, 5) is 3.59. The van der Waals surface area contributed by atoms with Crippen molar-refractivity contribution in [3.63, 3.8) is 0 Å². The van der Waals surface area contributed by atoms with Gasteiger partial charge in [-0.1, -0.05) is 6.07 Å². The summed E-state index contributed by atoms with van der Waals surface area (Å²) in [5, 5.41) is 8.54. The Morgan fingerprint density at radius 2 is 2.18 bits per heavy atom. The number of nitrogens with zero attached hydrogens (tertiary/aromatic N) is 2. The van der Waals surface area contributed by atoms with E-state index in [0.717, 1.165) is 7.11 Å². The van der Waals surface area contributed by atoms with Gasteiger partial charge in [-0.15, -0.1) is 0 Å². The molecule has 0 N–H and O–H groups in total. The van der Waals surface area contributed by atoms with E-state index in [1.807, 2.05) is 0 Å². The molecule has 0 spiro atoms. The summed E-state index contributed by atoms with van der Waals surface area (Å²) >= 11 is 0. The maximum absolute atomic E-state index is 12.5. The van der Waals surface area contributed by atoms with Gasteiger partial charge in [-0.2, -0.15) is 18.4 Å². The highest BCUT2D eigenvalue weighted by Gasteiger charge is 2.42. The number of ether oxygens (including phenoxy) is 2. The lowest BCUT2D eigenvalue weighted by Gasteiger charge is -2.20. The second kappa shape index (κ2) is 5.50. The Kier molecular flexibility index (Phi) is 4.29. The van der Waals surface area contributed by atoms with Crippen molar-refractivity contribution in [3.8, 4) is 11.9 Å². The first kappa shape index (κ1) is 13.3. The molecular weight excluding hydrogens is 237 g/mol. The summed E-state index contributed by atoms with van der Waals surface area (Å²) < 4.78 is 46.5. The van der Waals surface area contributed by atoms with Crippen LogP contribution in [0.3, 0.4) is 0 Å². The van der Waals surface area contributed by atoms with Crippen molar-refractivity contribution < 1.29 is 22.6 Å². The largest absolute Gasteiger partial charge is 0.462 e. The van der Waals surface area contributed by atoms with Crippen LogP contribution in [0.4, 0.5) is 13.2 Å². The Morgan fingerprint density at radius 1 is 1.47 bits per heavy atom. The highest BCUT2D eigenvalue weighted by atomic mass is 19.4. The number of nitriles is 1. The summed E-state index contributed by atoms with van der Waals surface area (Å²) in [7, 11) is 1.14. The fourth-order valence-corrected chi connectivity index (χ4v) is 1.04. The van der Waals surface area contributed by atoms with Gasteiger partial charge in [0.1, 0.15) is 11.8 Å². The molecule has 0 aliphatic carbocycles. The van der Waals surface area contributed by atoms with E-state index >= 15 is 0 Å². The van der Waals surface area contributed by atoms with Crippen LogP contribution in [0.2, 0.25) is 0 Å². The van der Waals surface area contributed by atoms with Crippen molar-refractivity contribution in [1.29, 1.82) is 5.26 Å². The molecule has 1 aromatic heterocycles. The fourth-order valence-electron chi connectivity index (χ4n) is 1.04. The van der Waals surface area contributed by atoms with Crippen LogP contribution in [0.25, 0.3) is 0 Å². The van der Waals surface area contributed by atoms with Gasteiger partial charge >= 0.3 is 6.18 Å². The average molecular weight is 246 g/mol. The standard InChI is InChI=1S/C10H9F3N2O2/c1-16-6-8(10(11,12)13)17-9-4-2-3-7(5-14)15-9/h2-4,8H,6H2,1H3. The molecule has 0 aromatic carbocycles.